The summed E-state index contributed by atoms with van der Waals surface area (Å²) in [4.78, 5) is 0. The number of benzene rings is 1. The Hall–Kier alpha value is -1.70. The van der Waals surface area contributed by atoms with Crippen molar-refractivity contribution in [3.8, 4) is 0 Å². The molecule has 2 heteroatoms. The molecule has 0 amide bonds. The van der Waals surface area contributed by atoms with Crippen LogP contribution in [-0.2, 0) is 0 Å². The first-order valence-corrected chi connectivity index (χ1v) is 5.12. The van der Waals surface area contributed by atoms with E-state index in [0.717, 1.165) is 17.8 Å². The van der Waals surface area contributed by atoms with Crippen molar-refractivity contribution in [3.63, 3.8) is 0 Å². The Kier molecular flexibility index (Phi) is 3.98. The van der Waals surface area contributed by atoms with E-state index in [-0.39, 0.29) is 0 Å². The molecule has 4 N–H and O–H groups in total. The van der Waals surface area contributed by atoms with Crippen LogP contribution >= 0.6 is 0 Å². The number of nitrogens with two attached hydrogens (primary N) is 2. The first kappa shape index (κ1) is 11.4. The second-order valence-electron chi connectivity index (χ2n) is 3.57. The van der Waals surface area contributed by atoms with Crippen LogP contribution < -0.4 is 11.5 Å². The van der Waals surface area contributed by atoms with Crippen molar-refractivity contribution in [1.82, 2.24) is 0 Å². The van der Waals surface area contributed by atoms with E-state index in [2.05, 4.69) is 6.92 Å². The highest BCUT2D eigenvalue weighted by Gasteiger charge is 1.93. The summed E-state index contributed by atoms with van der Waals surface area (Å²) in [6, 6.07) is 7.83. The lowest BCUT2D eigenvalue weighted by atomic mass is 10.1. The van der Waals surface area contributed by atoms with Gasteiger partial charge in [-0.2, -0.15) is 0 Å². The van der Waals surface area contributed by atoms with E-state index in [1.54, 1.807) is 0 Å². The number of hydrogen-bond acceptors (Lipinski definition) is 2. The largest absolute Gasteiger partial charge is 0.402 e. The maximum atomic E-state index is 5.72. The van der Waals surface area contributed by atoms with Crippen LogP contribution in [-0.4, -0.2) is 0 Å². The second-order valence-corrected chi connectivity index (χ2v) is 3.57. The molecular formula is C13H18N2. The molecule has 0 unspecified atom stereocenters. The van der Waals surface area contributed by atoms with Gasteiger partial charge in [0.25, 0.3) is 0 Å². The molecule has 0 aliphatic carbocycles. The molecule has 80 valence electrons. The fraction of sp³-hybridized carbons (Fsp3) is 0.231. The van der Waals surface area contributed by atoms with Gasteiger partial charge < -0.3 is 11.5 Å². The Bertz CT molecular complexity index is 372. The summed E-state index contributed by atoms with van der Waals surface area (Å²) < 4.78 is 0. The second kappa shape index (κ2) is 5.25. The summed E-state index contributed by atoms with van der Waals surface area (Å²) in [6.07, 6.45) is 4.86. The van der Waals surface area contributed by atoms with Gasteiger partial charge in [-0.25, -0.2) is 0 Å². The van der Waals surface area contributed by atoms with Crippen LogP contribution in [0.5, 0.6) is 0 Å². The van der Waals surface area contributed by atoms with Gasteiger partial charge in [0.2, 0.25) is 0 Å². The third kappa shape index (κ3) is 3.50. The number of rotatable bonds is 3. The molecule has 15 heavy (non-hydrogen) atoms. The third-order valence-corrected chi connectivity index (χ3v) is 2.32. The Morgan fingerprint density at radius 3 is 2.33 bits per heavy atom. The van der Waals surface area contributed by atoms with Crippen molar-refractivity contribution in [2.45, 2.75) is 20.3 Å². The van der Waals surface area contributed by atoms with E-state index in [1.165, 1.54) is 11.1 Å². The molecule has 0 atom stereocenters. The molecule has 0 aliphatic rings. The fourth-order valence-corrected chi connectivity index (χ4v) is 1.19. The quantitative estimate of drug-likeness (QED) is 0.585. The van der Waals surface area contributed by atoms with Gasteiger partial charge in [-0.15, -0.1) is 0 Å². The molecule has 0 saturated heterocycles. The average molecular weight is 202 g/mol. The standard InChI is InChI=1S/C13H18N2/c1-3-12(14)7-4-10(2)11-5-8-13(15)9-6-11/h4-9H,3,14-15H2,1-2H3/b10-4+,12-7+. The van der Waals surface area contributed by atoms with Crippen LogP contribution in [0.4, 0.5) is 5.69 Å². The molecule has 0 fully saturated rings. The molecule has 0 spiro atoms. The van der Waals surface area contributed by atoms with Crippen molar-refractivity contribution in [2.75, 3.05) is 5.73 Å². The van der Waals surface area contributed by atoms with Crippen LogP contribution in [0.15, 0.2) is 42.1 Å². The predicted octanol–water partition coefficient (Wildman–Crippen LogP) is 2.92. The number of hydrogen-bond donors (Lipinski definition) is 2. The van der Waals surface area contributed by atoms with Gasteiger partial charge in [-0.1, -0.05) is 25.1 Å². The zero-order valence-corrected chi connectivity index (χ0v) is 9.33. The highest BCUT2D eigenvalue weighted by molar-refractivity contribution is 5.66. The Balaban J connectivity index is 2.85. The normalized spacial score (nSPS) is 12.9. The molecule has 0 heterocycles. The third-order valence-electron chi connectivity index (χ3n) is 2.32. The Morgan fingerprint density at radius 1 is 1.20 bits per heavy atom. The molecule has 1 aromatic rings. The zero-order valence-electron chi connectivity index (χ0n) is 9.33. The number of allylic oxidation sites excluding steroid dienone is 4. The van der Waals surface area contributed by atoms with Crippen molar-refractivity contribution in [3.05, 3.63) is 47.7 Å². The minimum absolute atomic E-state index is 0.787. The summed E-state index contributed by atoms with van der Waals surface area (Å²) in [7, 11) is 0. The van der Waals surface area contributed by atoms with E-state index in [1.807, 2.05) is 43.3 Å². The van der Waals surface area contributed by atoms with E-state index in [0.29, 0.717) is 0 Å². The van der Waals surface area contributed by atoms with E-state index >= 15 is 0 Å². The fourth-order valence-electron chi connectivity index (χ4n) is 1.19. The zero-order chi connectivity index (χ0) is 11.3. The van der Waals surface area contributed by atoms with Gasteiger partial charge in [-0.05, 0) is 42.7 Å². The summed E-state index contributed by atoms with van der Waals surface area (Å²) >= 11 is 0. The highest BCUT2D eigenvalue weighted by Crippen LogP contribution is 2.15. The van der Waals surface area contributed by atoms with Gasteiger partial charge in [0.15, 0.2) is 0 Å². The van der Waals surface area contributed by atoms with Crippen molar-refractivity contribution in [2.24, 2.45) is 5.73 Å². The molecule has 1 aromatic carbocycles. The van der Waals surface area contributed by atoms with Gasteiger partial charge in [0.05, 0.1) is 0 Å². The summed E-state index contributed by atoms with van der Waals surface area (Å²) in [5, 5.41) is 0. The monoisotopic (exact) mass is 202 g/mol. The van der Waals surface area contributed by atoms with Gasteiger partial charge in [0, 0.05) is 11.4 Å². The SMILES string of the molecule is CC/C(N)=C\C=C(/C)c1ccc(N)cc1. The molecule has 1 rings (SSSR count). The molecule has 0 radical (unpaired) electrons. The van der Waals surface area contributed by atoms with Crippen LogP contribution in [0.3, 0.4) is 0 Å². The number of nitrogen functional groups attached to an aromatic ring is 1. The summed E-state index contributed by atoms with van der Waals surface area (Å²) in [6.45, 7) is 4.10. The molecule has 0 bridgehead atoms. The van der Waals surface area contributed by atoms with Crippen LogP contribution in [0.1, 0.15) is 25.8 Å². The minimum Gasteiger partial charge on any atom is -0.402 e. The molecule has 0 aliphatic heterocycles. The van der Waals surface area contributed by atoms with Crippen molar-refractivity contribution < 1.29 is 0 Å². The molecular weight excluding hydrogens is 184 g/mol. The first-order chi connectivity index (χ1) is 7.13. The predicted molar refractivity (Wildman–Crippen MR) is 67.1 cm³/mol. The van der Waals surface area contributed by atoms with Crippen LogP contribution in [0, 0.1) is 0 Å². The van der Waals surface area contributed by atoms with E-state index in [4.69, 9.17) is 11.5 Å². The van der Waals surface area contributed by atoms with Gasteiger partial charge in [-0.3, -0.25) is 0 Å². The molecule has 0 saturated carbocycles. The van der Waals surface area contributed by atoms with Crippen LogP contribution in [0.2, 0.25) is 0 Å². The Labute approximate surface area is 91.3 Å². The summed E-state index contributed by atoms with van der Waals surface area (Å²) in [5.74, 6) is 0. The minimum atomic E-state index is 0.787. The maximum absolute atomic E-state index is 5.72. The molecule has 2 nitrogen and oxygen atoms in total. The van der Waals surface area contributed by atoms with Crippen molar-refractivity contribution in [1.29, 1.82) is 0 Å². The topological polar surface area (TPSA) is 52.0 Å². The van der Waals surface area contributed by atoms with E-state index in [9.17, 15) is 0 Å². The van der Waals surface area contributed by atoms with Crippen LogP contribution in [0.25, 0.3) is 5.57 Å². The smallest absolute Gasteiger partial charge is 0.0314 e. The average Bonchev–Trinajstić information content (AvgIpc) is 2.26. The maximum Gasteiger partial charge on any atom is 0.0314 e. The lowest BCUT2D eigenvalue weighted by molar-refractivity contribution is 1.07. The lowest BCUT2D eigenvalue weighted by Crippen LogP contribution is -1.93. The number of anilines is 1. The Morgan fingerprint density at radius 2 is 1.80 bits per heavy atom. The first-order valence-electron chi connectivity index (χ1n) is 5.12. The summed E-state index contributed by atoms with van der Waals surface area (Å²) in [5.41, 5.74) is 15.4. The van der Waals surface area contributed by atoms with Crippen molar-refractivity contribution >= 4 is 11.3 Å². The lowest BCUT2D eigenvalue weighted by Gasteiger charge is -2.01. The van der Waals surface area contributed by atoms with E-state index < -0.39 is 0 Å². The van der Waals surface area contributed by atoms with Gasteiger partial charge in [0.1, 0.15) is 0 Å². The molecule has 0 aromatic heterocycles. The highest BCUT2D eigenvalue weighted by atomic mass is 14.6. The van der Waals surface area contributed by atoms with Gasteiger partial charge >= 0.3 is 0 Å².